The number of fused-ring (bicyclic) bond motifs is 1. The minimum absolute atomic E-state index is 0.805. The largest absolute Gasteiger partial charge is 0.380 e. The van der Waals surface area contributed by atoms with Crippen LogP contribution in [-0.4, -0.2) is 37.8 Å². The van der Waals surface area contributed by atoms with Gasteiger partial charge in [0.25, 0.3) is 0 Å². The van der Waals surface area contributed by atoms with Gasteiger partial charge in [0, 0.05) is 25.4 Å². The average Bonchev–Trinajstić information content (AvgIpc) is 2.50. The van der Waals surface area contributed by atoms with Crippen LogP contribution in [0.2, 0.25) is 0 Å². The summed E-state index contributed by atoms with van der Waals surface area (Å²) in [6, 6.07) is 4.43. The molecule has 20 heavy (non-hydrogen) atoms. The number of hydrogen-bond donors (Lipinski definition) is 2. The molecule has 0 unspecified atom stereocenters. The molecule has 112 valence electrons. The Balaban J connectivity index is 1.60. The summed E-state index contributed by atoms with van der Waals surface area (Å²) in [7, 11) is 0. The lowest BCUT2D eigenvalue weighted by atomic mass is 10.1. The van der Waals surface area contributed by atoms with Gasteiger partial charge in [0.05, 0.1) is 6.61 Å². The predicted octanol–water partition coefficient (Wildman–Crippen LogP) is 2.39. The van der Waals surface area contributed by atoms with Gasteiger partial charge in [0.15, 0.2) is 0 Å². The number of hydrogen-bond acceptors (Lipinski definition) is 4. The Morgan fingerprint density at radius 2 is 2.25 bits per heavy atom. The number of anilines is 1. The van der Waals surface area contributed by atoms with E-state index in [0.29, 0.717) is 0 Å². The van der Waals surface area contributed by atoms with E-state index in [1.54, 1.807) is 0 Å². The molecule has 0 aromatic carbocycles. The number of nitrogens with one attached hydrogen (secondary N) is 2. The number of ether oxygens (including phenoxy) is 1. The van der Waals surface area contributed by atoms with Crippen LogP contribution < -0.4 is 10.6 Å². The first-order valence-corrected chi connectivity index (χ1v) is 7.91. The van der Waals surface area contributed by atoms with Crippen LogP contribution in [0.4, 0.5) is 5.82 Å². The number of aromatic nitrogens is 1. The van der Waals surface area contributed by atoms with Crippen LogP contribution in [-0.2, 0) is 17.6 Å². The van der Waals surface area contributed by atoms with Crippen molar-refractivity contribution in [1.82, 2.24) is 10.3 Å². The zero-order valence-corrected chi connectivity index (χ0v) is 12.6. The summed E-state index contributed by atoms with van der Waals surface area (Å²) >= 11 is 0. The zero-order valence-electron chi connectivity index (χ0n) is 12.6. The average molecular weight is 277 g/mol. The van der Waals surface area contributed by atoms with Crippen molar-refractivity contribution in [3.63, 3.8) is 0 Å². The summed E-state index contributed by atoms with van der Waals surface area (Å²) in [5.74, 6) is 1.11. The lowest BCUT2D eigenvalue weighted by molar-refractivity contribution is 0.149. The van der Waals surface area contributed by atoms with Gasteiger partial charge in [-0.05, 0) is 57.2 Å². The van der Waals surface area contributed by atoms with Gasteiger partial charge in [-0.1, -0.05) is 6.07 Å². The maximum atomic E-state index is 5.28. The Morgan fingerprint density at radius 1 is 1.30 bits per heavy atom. The SMILES string of the molecule is CCOCCNCCCCc1ccc2c(n1)NCCC2. The van der Waals surface area contributed by atoms with Gasteiger partial charge in [-0.3, -0.25) is 0 Å². The van der Waals surface area contributed by atoms with Gasteiger partial charge >= 0.3 is 0 Å². The van der Waals surface area contributed by atoms with Crippen molar-refractivity contribution in [2.45, 2.75) is 39.0 Å². The van der Waals surface area contributed by atoms with E-state index in [2.05, 4.69) is 22.8 Å². The maximum Gasteiger partial charge on any atom is 0.129 e. The summed E-state index contributed by atoms with van der Waals surface area (Å²) in [6.07, 6.45) is 5.84. The molecule has 1 aromatic heterocycles. The molecule has 0 saturated carbocycles. The fraction of sp³-hybridized carbons (Fsp3) is 0.688. The van der Waals surface area contributed by atoms with E-state index in [1.807, 2.05) is 6.92 Å². The van der Waals surface area contributed by atoms with E-state index in [-0.39, 0.29) is 0 Å². The van der Waals surface area contributed by atoms with Gasteiger partial charge in [-0.25, -0.2) is 4.98 Å². The summed E-state index contributed by atoms with van der Waals surface area (Å²) < 4.78 is 5.28. The number of pyridine rings is 1. The highest BCUT2D eigenvalue weighted by molar-refractivity contribution is 5.46. The quantitative estimate of drug-likeness (QED) is 0.680. The van der Waals surface area contributed by atoms with Crippen LogP contribution in [0.3, 0.4) is 0 Å². The molecule has 0 atom stereocenters. The van der Waals surface area contributed by atoms with Gasteiger partial charge in [0.2, 0.25) is 0 Å². The van der Waals surface area contributed by atoms with E-state index >= 15 is 0 Å². The molecule has 1 aromatic rings. The minimum Gasteiger partial charge on any atom is -0.380 e. The Bertz CT molecular complexity index is 395. The van der Waals surface area contributed by atoms with E-state index in [0.717, 1.165) is 45.1 Å². The second-order valence-corrected chi connectivity index (χ2v) is 5.24. The smallest absolute Gasteiger partial charge is 0.129 e. The molecule has 0 spiro atoms. The Morgan fingerprint density at radius 3 is 3.15 bits per heavy atom. The molecule has 1 aliphatic rings. The third-order valence-electron chi connectivity index (χ3n) is 3.62. The molecule has 0 saturated heterocycles. The van der Waals surface area contributed by atoms with Crippen molar-refractivity contribution < 1.29 is 4.74 Å². The van der Waals surface area contributed by atoms with Crippen molar-refractivity contribution in [1.29, 1.82) is 0 Å². The third kappa shape index (κ3) is 5.10. The molecular formula is C16H27N3O. The van der Waals surface area contributed by atoms with Gasteiger partial charge < -0.3 is 15.4 Å². The summed E-state index contributed by atoms with van der Waals surface area (Å²) in [5, 5.41) is 6.79. The molecule has 0 amide bonds. The monoisotopic (exact) mass is 277 g/mol. The maximum absolute atomic E-state index is 5.28. The lowest BCUT2D eigenvalue weighted by Crippen LogP contribution is -2.21. The number of unbranched alkanes of at least 4 members (excludes halogenated alkanes) is 1. The third-order valence-corrected chi connectivity index (χ3v) is 3.62. The first-order chi connectivity index (χ1) is 9.90. The molecule has 2 rings (SSSR count). The normalized spacial score (nSPS) is 13.8. The summed E-state index contributed by atoms with van der Waals surface area (Å²) in [4.78, 5) is 4.72. The molecule has 0 aliphatic carbocycles. The number of aryl methyl sites for hydroxylation is 2. The molecule has 4 heteroatoms. The van der Waals surface area contributed by atoms with E-state index in [9.17, 15) is 0 Å². The molecule has 1 aliphatic heterocycles. The molecule has 2 heterocycles. The molecule has 0 radical (unpaired) electrons. The Labute approximate surface area is 122 Å². The first kappa shape index (κ1) is 15.3. The summed E-state index contributed by atoms with van der Waals surface area (Å²) in [6.45, 7) is 6.73. The van der Waals surface area contributed by atoms with Crippen molar-refractivity contribution in [2.75, 3.05) is 38.2 Å². The second-order valence-electron chi connectivity index (χ2n) is 5.24. The van der Waals surface area contributed by atoms with Gasteiger partial charge in [-0.2, -0.15) is 0 Å². The molecular weight excluding hydrogens is 250 g/mol. The molecule has 4 nitrogen and oxygen atoms in total. The van der Waals surface area contributed by atoms with Crippen LogP contribution in [0.25, 0.3) is 0 Å². The molecule has 0 bridgehead atoms. The zero-order chi connectivity index (χ0) is 14.0. The van der Waals surface area contributed by atoms with Crippen LogP contribution >= 0.6 is 0 Å². The van der Waals surface area contributed by atoms with Crippen LogP contribution in [0.5, 0.6) is 0 Å². The highest BCUT2D eigenvalue weighted by Gasteiger charge is 2.09. The van der Waals surface area contributed by atoms with E-state index in [4.69, 9.17) is 9.72 Å². The van der Waals surface area contributed by atoms with Crippen LogP contribution in [0.15, 0.2) is 12.1 Å². The van der Waals surface area contributed by atoms with Crippen molar-refractivity contribution in [3.8, 4) is 0 Å². The topological polar surface area (TPSA) is 46.2 Å². The summed E-state index contributed by atoms with van der Waals surface area (Å²) in [5.41, 5.74) is 2.59. The fourth-order valence-corrected chi connectivity index (χ4v) is 2.48. The van der Waals surface area contributed by atoms with Crippen LogP contribution in [0.1, 0.15) is 37.4 Å². The first-order valence-electron chi connectivity index (χ1n) is 7.91. The Kier molecular flexibility index (Phi) is 6.81. The fourth-order valence-electron chi connectivity index (χ4n) is 2.48. The van der Waals surface area contributed by atoms with Gasteiger partial charge in [-0.15, -0.1) is 0 Å². The molecule has 0 fully saturated rings. The number of rotatable bonds is 9. The Hall–Kier alpha value is -1.13. The highest BCUT2D eigenvalue weighted by Crippen LogP contribution is 2.20. The van der Waals surface area contributed by atoms with Crippen molar-refractivity contribution in [3.05, 3.63) is 23.4 Å². The van der Waals surface area contributed by atoms with Crippen molar-refractivity contribution in [2.24, 2.45) is 0 Å². The van der Waals surface area contributed by atoms with E-state index in [1.165, 1.54) is 36.9 Å². The number of nitrogens with zero attached hydrogens (tertiary/aromatic N) is 1. The van der Waals surface area contributed by atoms with Crippen molar-refractivity contribution >= 4 is 5.82 Å². The van der Waals surface area contributed by atoms with Crippen LogP contribution in [0, 0.1) is 0 Å². The van der Waals surface area contributed by atoms with E-state index < -0.39 is 0 Å². The highest BCUT2D eigenvalue weighted by atomic mass is 16.5. The molecule has 2 N–H and O–H groups in total. The van der Waals surface area contributed by atoms with Gasteiger partial charge in [0.1, 0.15) is 5.82 Å². The standard InChI is InChI=1S/C16H27N3O/c1-2-20-13-12-17-10-4-3-7-15-9-8-14-6-5-11-18-16(14)19-15/h8-9,17H,2-7,10-13H2,1H3,(H,18,19). The predicted molar refractivity (Wildman–Crippen MR) is 83.3 cm³/mol. The lowest BCUT2D eigenvalue weighted by Gasteiger charge is -2.17. The second kappa shape index (κ2) is 8.93. The minimum atomic E-state index is 0.805.